The molecular formula is C13H23NS2. The molecule has 1 heterocycles. The summed E-state index contributed by atoms with van der Waals surface area (Å²) in [4.78, 5) is 3.91. The predicted molar refractivity (Wildman–Crippen MR) is 77.6 cm³/mol. The number of nitrogens with zero attached hydrogens (tertiary/aromatic N) is 1. The van der Waals surface area contributed by atoms with Crippen molar-refractivity contribution >= 4 is 24.0 Å². The Bertz CT molecular complexity index is 271. The average Bonchev–Trinajstić information content (AvgIpc) is 2.78. The van der Waals surface area contributed by atoms with Crippen molar-refractivity contribution in [2.24, 2.45) is 5.92 Å². The van der Waals surface area contributed by atoms with Crippen LogP contribution in [0.25, 0.3) is 0 Å². The van der Waals surface area contributed by atoms with Crippen molar-refractivity contribution in [1.82, 2.24) is 4.90 Å². The summed E-state index contributed by atoms with van der Waals surface area (Å²) in [6, 6.07) is 4.90. The minimum absolute atomic E-state index is 0.545. The maximum Gasteiger partial charge on any atom is 0.0410 e. The first kappa shape index (κ1) is 14.1. The van der Waals surface area contributed by atoms with Crippen molar-refractivity contribution in [3.63, 3.8) is 0 Å². The molecule has 1 aromatic heterocycles. The van der Waals surface area contributed by atoms with Crippen molar-refractivity contribution < 1.29 is 0 Å². The normalized spacial score (nSPS) is 15.3. The monoisotopic (exact) mass is 257 g/mol. The lowest BCUT2D eigenvalue weighted by Crippen LogP contribution is -2.24. The number of thiophene rings is 1. The molecule has 16 heavy (non-hydrogen) atoms. The van der Waals surface area contributed by atoms with E-state index in [1.54, 1.807) is 0 Å². The van der Waals surface area contributed by atoms with E-state index >= 15 is 0 Å². The van der Waals surface area contributed by atoms with Gasteiger partial charge in [0.25, 0.3) is 0 Å². The molecule has 0 bridgehead atoms. The van der Waals surface area contributed by atoms with E-state index in [4.69, 9.17) is 0 Å². The van der Waals surface area contributed by atoms with E-state index in [-0.39, 0.29) is 0 Å². The SMILES string of the molecule is CC(CCS)CCN(C)C(C)c1cccs1. The van der Waals surface area contributed by atoms with E-state index in [2.05, 4.69) is 55.9 Å². The number of rotatable bonds is 7. The van der Waals surface area contributed by atoms with Crippen LogP contribution in [-0.4, -0.2) is 24.2 Å². The molecule has 3 heteroatoms. The van der Waals surface area contributed by atoms with Crippen LogP contribution >= 0.6 is 24.0 Å². The summed E-state index contributed by atoms with van der Waals surface area (Å²) in [5.41, 5.74) is 0. The van der Waals surface area contributed by atoms with Gasteiger partial charge in [-0.1, -0.05) is 13.0 Å². The minimum Gasteiger partial charge on any atom is -0.299 e. The predicted octanol–water partition coefficient (Wildman–Crippen LogP) is 4.09. The summed E-state index contributed by atoms with van der Waals surface area (Å²) in [5.74, 6) is 1.79. The van der Waals surface area contributed by atoms with E-state index in [9.17, 15) is 0 Å². The molecule has 1 aromatic rings. The lowest BCUT2D eigenvalue weighted by molar-refractivity contribution is 0.245. The minimum atomic E-state index is 0.545. The van der Waals surface area contributed by atoms with Crippen LogP contribution in [0.15, 0.2) is 17.5 Å². The molecule has 92 valence electrons. The first-order valence-electron chi connectivity index (χ1n) is 5.99. The first-order valence-corrected chi connectivity index (χ1v) is 7.51. The summed E-state index contributed by atoms with van der Waals surface area (Å²) in [7, 11) is 2.22. The van der Waals surface area contributed by atoms with E-state index < -0.39 is 0 Å². The Labute approximate surface area is 109 Å². The van der Waals surface area contributed by atoms with Crippen LogP contribution < -0.4 is 0 Å². The fraction of sp³-hybridized carbons (Fsp3) is 0.692. The van der Waals surface area contributed by atoms with Gasteiger partial charge in [0.1, 0.15) is 0 Å². The Morgan fingerprint density at radius 3 is 2.69 bits per heavy atom. The molecule has 0 fully saturated rings. The van der Waals surface area contributed by atoms with Gasteiger partial charge in [-0.05, 0) is 56.5 Å². The van der Waals surface area contributed by atoms with Crippen LogP contribution in [0.5, 0.6) is 0 Å². The van der Waals surface area contributed by atoms with Gasteiger partial charge < -0.3 is 0 Å². The molecule has 0 aliphatic heterocycles. The topological polar surface area (TPSA) is 3.24 Å². The van der Waals surface area contributed by atoms with Gasteiger partial charge in [-0.3, -0.25) is 4.90 Å². The summed E-state index contributed by atoms with van der Waals surface area (Å²) < 4.78 is 0. The zero-order chi connectivity index (χ0) is 12.0. The van der Waals surface area contributed by atoms with Gasteiger partial charge >= 0.3 is 0 Å². The van der Waals surface area contributed by atoms with Gasteiger partial charge in [-0.2, -0.15) is 12.6 Å². The molecule has 0 N–H and O–H groups in total. The van der Waals surface area contributed by atoms with Crippen LogP contribution in [0.1, 0.15) is 37.6 Å². The van der Waals surface area contributed by atoms with Crippen LogP contribution in [0.2, 0.25) is 0 Å². The summed E-state index contributed by atoms with van der Waals surface area (Å²) in [6.45, 7) is 5.78. The molecule has 0 spiro atoms. The maximum absolute atomic E-state index is 4.28. The molecule has 0 aromatic carbocycles. The highest BCUT2D eigenvalue weighted by atomic mass is 32.1. The summed E-state index contributed by atoms with van der Waals surface area (Å²) in [5, 5.41) is 2.16. The molecule has 0 aliphatic carbocycles. The zero-order valence-corrected chi connectivity index (χ0v) is 12.2. The van der Waals surface area contributed by atoms with Gasteiger partial charge in [0, 0.05) is 10.9 Å². The zero-order valence-electron chi connectivity index (χ0n) is 10.5. The fourth-order valence-corrected chi connectivity index (χ4v) is 3.02. The molecule has 2 atom stereocenters. The standard InChI is InChI=1S/C13H23NS2/c1-11(7-9-15)6-8-14(3)12(2)13-5-4-10-16-13/h4-5,10-12,15H,6-9H2,1-3H3. The maximum atomic E-state index is 4.28. The highest BCUT2D eigenvalue weighted by Gasteiger charge is 2.13. The van der Waals surface area contributed by atoms with Gasteiger partial charge in [-0.15, -0.1) is 11.3 Å². The van der Waals surface area contributed by atoms with Crippen molar-refractivity contribution in [1.29, 1.82) is 0 Å². The van der Waals surface area contributed by atoms with Crippen molar-refractivity contribution in [2.75, 3.05) is 19.3 Å². The number of thiol groups is 1. The fourth-order valence-electron chi connectivity index (χ4n) is 1.73. The molecule has 0 saturated heterocycles. The molecular weight excluding hydrogens is 234 g/mol. The molecule has 0 radical (unpaired) electrons. The van der Waals surface area contributed by atoms with Crippen molar-refractivity contribution in [3.8, 4) is 0 Å². The van der Waals surface area contributed by atoms with Crippen molar-refractivity contribution in [3.05, 3.63) is 22.4 Å². The molecule has 0 aliphatic rings. The van der Waals surface area contributed by atoms with Gasteiger partial charge in [0.2, 0.25) is 0 Å². The molecule has 0 saturated carbocycles. The van der Waals surface area contributed by atoms with E-state index in [0.717, 1.165) is 11.7 Å². The average molecular weight is 257 g/mol. The molecule has 2 unspecified atom stereocenters. The molecule has 1 nitrogen and oxygen atoms in total. The van der Waals surface area contributed by atoms with E-state index in [0.29, 0.717) is 6.04 Å². The molecule has 0 amide bonds. The van der Waals surface area contributed by atoms with Gasteiger partial charge in [-0.25, -0.2) is 0 Å². The lowest BCUT2D eigenvalue weighted by atomic mass is 10.0. The third-order valence-corrected chi connectivity index (χ3v) is 4.51. The highest BCUT2D eigenvalue weighted by molar-refractivity contribution is 7.80. The Hall–Kier alpha value is 0.01000. The van der Waals surface area contributed by atoms with Crippen molar-refractivity contribution in [2.45, 2.75) is 32.7 Å². The lowest BCUT2D eigenvalue weighted by Gasteiger charge is -2.25. The second-order valence-electron chi connectivity index (χ2n) is 4.58. The van der Waals surface area contributed by atoms with Gasteiger partial charge in [0.05, 0.1) is 0 Å². The van der Waals surface area contributed by atoms with E-state index in [1.807, 2.05) is 11.3 Å². The number of hydrogen-bond donors (Lipinski definition) is 1. The quantitative estimate of drug-likeness (QED) is 0.720. The van der Waals surface area contributed by atoms with Crippen LogP contribution in [0, 0.1) is 5.92 Å². The van der Waals surface area contributed by atoms with Crippen LogP contribution in [0.4, 0.5) is 0 Å². The largest absolute Gasteiger partial charge is 0.299 e. The highest BCUT2D eigenvalue weighted by Crippen LogP contribution is 2.24. The number of hydrogen-bond acceptors (Lipinski definition) is 3. The third-order valence-electron chi connectivity index (χ3n) is 3.21. The van der Waals surface area contributed by atoms with Crippen LogP contribution in [-0.2, 0) is 0 Å². The van der Waals surface area contributed by atoms with Gasteiger partial charge in [0.15, 0.2) is 0 Å². The Balaban J connectivity index is 2.32. The second-order valence-corrected chi connectivity index (χ2v) is 6.00. The second kappa shape index (κ2) is 7.36. The Morgan fingerprint density at radius 1 is 1.38 bits per heavy atom. The third kappa shape index (κ3) is 4.48. The Kier molecular flexibility index (Phi) is 6.47. The summed E-state index contributed by atoms with van der Waals surface area (Å²) in [6.07, 6.45) is 2.50. The smallest absolute Gasteiger partial charge is 0.0410 e. The van der Waals surface area contributed by atoms with Crippen LogP contribution in [0.3, 0.4) is 0 Å². The van der Waals surface area contributed by atoms with E-state index in [1.165, 1.54) is 24.3 Å². The first-order chi connectivity index (χ1) is 7.65. The summed E-state index contributed by atoms with van der Waals surface area (Å²) >= 11 is 6.13. The Morgan fingerprint density at radius 2 is 2.12 bits per heavy atom. The molecule has 1 rings (SSSR count).